The molecule has 4 N–H and O–H groups in total. The van der Waals surface area contributed by atoms with Gasteiger partial charge in [-0.15, -0.1) is 0 Å². The van der Waals surface area contributed by atoms with Crippen molar-refractivity contribution >= 4 is 35.0 Å². The van der Waals surface area contributed by atoms with Gasteiger partial charge < -0.3 is 24.5 Å². The number of ether oxygens (including phenoxy) is 2. The number of benzene rings is 3. The number of nitrogens with zero attached hydrogens (tertiary/aromatic N) is 2. The Hall–Kier alpha value is -3.77. The molecule has 10 nitrogen and oxygen atoms in total. The average Bonchev–Trinajstić information content (AvgIpc) is 3.42. The number of aliphatic hydroxyl groups is 1. The van der Waals surface area contributed by atoms with E-state index < -0.39 is 12.2 Å². The molecule has 5 rings (SSSR count). The zero-order valence-corrected chi connectivity index (χ0v) is 27.3. The highest BCUT2D eigenvalue weighted by Crippen LogP contribution is 2.39. The molecule has 0 spiro atoms. The number of aliphatic hydroxyl groups excluding tert-OH is 1. The lowest BCUT2D eigenvalue weighted by molar-refractivity contribution is -0.252. The summed E-state index contributed by atoms with van der Waals surface area (Å²) in [6.45, 7) is 0.806. The molecule has 1 fully saturated rings. The minimum atomic E-state index is -0.658. The molecule has 3 aromatic carbocycles. The van der Waals surface area contributed by atoms with E-state index in [1.54, 1.807) is 16.4 Å². The van der Waals surface area contributed by atoms with Gasteiger partial charge in [-0.05, 0) is 52.8 Å². The summed E-state index contributed by atoms with van der Waals surface area (Å²) < 4.78 is 14.8. The van der Waals surface area contributed by atoms with Crippen LogP contribution in [0.5, 0.6) is 0 Å². The highest BCUT2D eigenvalue weighted by Gasteiger charge is 2.33. The highest BCUT2D eigenvalue weighted by molar-refractivity contribution is 6.40. The fourth-order valence-corrected chi connectivity index (χ4v) is 5.85. The lowest BCUT2D eigenvalue weighted by Gasteiger charge is -2.36. The molecule has 2 amide bonds. The number of hydrogen-bond acceptors (Lipinski definition) is 7. The van der Waals surface area contributed by atoms with Crippen LogP contribution in [0.3, 0.4) is 0 Å². The van der Waals surface area contributed by atoms with Crippen molar-refractivity contribution in [2.24, 2.45) is 0 Å². The van der Waals surface area contributed by atoms with Gasteiger partial charge in [-0.1, -0.05) is 90.3 Å². The van der Waals surface area contributed by atoms with E-state index in [9.17, 15) is 14.7 Å². The molecule has 1 aliphatic heterocycles. The van der Waals surface area contributed by atoms with Gasteiger partial charge in [0.25, 0.3) is 0 Å². The molecule has 0 radical (unpaired) electrons. The number of carbonyl (C=O) groups excluding carboxylic acids is 2. The Morgan fingerprint density at radius 3 is 2.30 bits per heavy atom. The van der Waals surface area contributed by atoms with Crippen LogP contribution in [0.25, 0.3) is 11.1 Å². The molecular formula is C35H38Cl2N4O6. The standard InChI is InChI=1S/C35H38Cl2N4O6/c36-33-34(37)41(22-39-33)20-29-18-30(25-14-12-23(21-42)13-15-25)47-35(46-29)28-9-5-8-27(17-28)26-7-4-6-24(16-26)19-38-31(43)10-2-1-3-11-32(44)40-45/h4-9,12-17,22,29-30,35,42,45H,1-3,10-11,18-21H2,(H,38,43)(H,40,44)/t29-,30+,35+/m0/s1. The molecule has 248 valence electrons. The number of carbonyl (C=O) groups is 2. The molecule has 0 aliphatic carbocycles. The summed E-state index contributed by atoms with van der Waals surface area (Å²) in [4.78, 5) is 27.6. The number of nitrogens with one attached hydrogen (secondary N) is 2. The Morgan fingerprint density at radius 2 is 1.60 bits per heavy atom. The molecule has 3 atom stereocenters. The summed E-state index contributed by atoms with van der Waals surface area (Å²) in [5.74, 6) is -0.469. The molecule has 12 heteroatoms. The SMILES string of the molecule is O=C(CCCCCC(=O)NCc1cccc(-c2cccc([C@@H]3O[C@H](Cn4cnc(Cl)c4Cl)C[C@H](c4ccc(CO)cc4)O3)c2)c1)NO. The number of aromatic nitrogens is 2. The van der Waals surface area contributed by atoms with Gasteiger partial charge in [-0.25, -0.2) is 10.5 Å². The number of unbranched alkanes of at least 4 members (excludes halogenated alkanes) is 2. The second-order valence-corrected chi connectivity index (χ2v) is 12.2. The first-order chi connectivity index (χ1) is 22.8. The van der Waals surface area contributed by atoms with Crippen LogP contribution in [0, 0.1) is 0 Å². The topological polar surface area (TPSA) is 135 Å². The maximum atomic E-state index is 12.4. The highest BCUT2D eigenvalue weighted by atomic mass is 35.5. The van der Waals surface area contributed by atoms with Gasteiger partial charge in [0, 0.05) is 31.4 Å². The summed E-state index contributed by atoms with van der Waals surface area (Å²) in [5, 5.41) is 21.6. The van der Waals surface area contributed by atoms with Gasteiger partial charge >= 0.3 is 0 Å². The van der Waals surface area contributed by atoms with Gasteiger partial charge in [0.15, 0.2) is 11.4 Å². The Labute approximate surface area is 283 Å². The van der Waals surface area contributed by atoms with E-state index in [-0.39, 0.29) is 36.3 Å². The second kappa shape index (κ2) is 16.9. The number of imidazole rings is 1. The Bertz CT molecular complexity index is 1650. The van der Waals surface area contributed by atoms with Crippen molar-refractivity contribution in [2.45, 2.75) is 76.7 Å². The molecule has 2 heterocycles. The van der Waals surface area contributed by atoms with Crippen LogP contribution in [0.1, 0.15) is 73.2 Å². The predicted octanol–water partition coefficient (Wildman–Crippen LogP) is 6.67. The molecule has 0 saturated carbocycles. The van der Waals surface area contributed by atoms with Crippen LogP contribution < -0.4 is 10.8 Å². The molecule has 1 saturated heterocycles. The minimum absolute atomic E-state index is 0.0323. The summed E-state index contributed by atoms with van der Waals surface area (Å²) in [7, 11) is 0. The van der Waals surface area contributed by atoms with Gasteiger partial charge in [0.1, 0.15) is 5.15 Å². The number of halogens is 2. The van der Waals surface area contributed by atoms with E-state index in [1.165, 1.54) is 0 Å². The van der Waals surface area contributed by atoms with Crippen LogP contribution >= 0.6 is 23.2 Å². The van der Waals surface area contributed by atoms with Crippen LogP contribution in [-0.4, -0.2) is 37.8 Å². The fourth-order valence-electron chi connectivity index (χ4n) is 5.54. The quantitative estimate of drug-likeness (QED) is 0.0664. The van der Waals surface area contributed by atoms with Crippen molar-refractivity contribution in [1.29, 1.82) is 0 Å². The van der Waals surface area contributed by atoms with Crippen molar-refractivity contribution in [2.75, 3.05) is 0 Å². The smallest absolute Gasteiger partial charge is 0.243 e. The third-order valence-corrected chi connectivity index (χ3v) is 8.86. The maximum Gasteiger partial charge on any atom is 0.243 e. The van der Waals surface area contributed by atoms with Crippen molar-refractivity contribution < 1.29 is 29.4 Å². The lowest BCUT2D eigenvalue weighted by atomic mass is 9.98. The van der Waals surface area contributed by atoms with Crippen molar-refractivity contribution in [3.8, 4) is 11.1 Å². The predicted molar refractivity (Wildman–Crippen MR) is 177 cm³/mol. The normalized spacial score (nSPS) is 17.7. The van der Waals surface area contributed by atoms with Gasteiger partial charge in [-0.2, -0.15) is 0 Å². The van der Waals surface area contributed by atoms with E-state index in [0.29, 0.717) is 43.9 Å². The summed E-state index contributed by atoms with van der Waals surface area (Å²) in [6.07, 6.45) is 3.62. The minimum Gasteiger partial charge on any atom is -0.392 e. The van der Waals surface area contributed by atoms with E-state index >= 15 is 0 Å². The monoisotopic (exact) mass is 680 g/mol. The van der Waals surface area contributed by atoms with E-state index in [0.717, 1.165) is 39.8 Å². The molecule has 4 aromatic rings. The number of hydroxylamine groups is 1. The molecule has 1 aliphatic rings. The number of hydrogen-bond donors (Lipinski definition) is 4. The Balaban J connectivity index is 1.26. The van der Waals surface area contributed by atoms with Crippen molar-refractivity contribution in [1.82, 2.24) is 20.3 Å². The molecule has 47 heavy (non-hydrogen) atoms. The first kappa shape index (κ1) is 34.6. The largest absolute Gasteiger partial charge is 0.392 e. The molecule has 0 bridgehead atoms. The number of rotatable bonds is 14. The molecular weight excluding hydrogens is 643 g/mol. The Morgan fingerprint density at radius 1 is 0.872 bits per heavy atom. The third kappa shape index (κ3) is 9.63. The summed E-state index contributed by atoms with van der Waals surface area (Å²) in [5.41, 5.74) is 7.21. The summed E-state index contributed by atoms with van der Waals surface area (Å²) in [6, 6.07) is 23.7. The molecule has 0 unspecified atom stereocenters. The van der Waals surface area contributed by atoms with Gasteiger partial charge in [0.05, 0.1) is 31.7 Å². The van der Waals surface area contributed by atoms with E-state index in [4.69, 9.17) is 37.9 Å². The first-order valence-electron chi connectivity index (χ1n) is 15.6. The first-order valence-corrected chi connectivity index (χ1v) is 16.3. The maximum absolute atomic E-state index is 12.4. The fraction of sp³-hybridized carbons (Fsp3) is 0.343. The van der Waals surface area contributed by atoms with Crippen LogP contribution in [-0.2, 0) is 38.8 Å². The third-order valence-electron chi connectivity index (χ3n) is 8.09. The second-order valence-electron chi connectivity index (χ2n) is 11.5. The van der Waals surface area contributed by atoms with Gasteiger partial charge in [-0.3, -0.25) is 14.8 Å². The zero-order valence-electron chi connectivity index (χ0n) is 25.8. The van der Waals surface area contributed by atoms with Crippen LogP contribution in [0.15, 0.2) is 79.1 Å². The van der Waals surface area contributed by atoms with Gasteiger partial charge in [0.2, 0.25) is 11.8 Å². The van der Waals surface area contributed by atoms with E-state index in [1.807, 2.05) is 60.7 Å². The lowest BCUT2D eigenvalue weighted by Crippen LogP contribution is -2.32. The van der Waals surface area contributed by atoms with E-state index in [2.05, 4.69) is 22.4 Å². The van der Waals surface area contributed by atoms with Crippen LogP contribution in [0.4, 0.5) is 0 Å². The zero-order chi connectivity index (χ0) is 33.2. The van der Waals surface area contributed by atoms with Crippen LogP contribution in [0.2, 0.25) is 10.3 Å². The number of amides is 2. The Kier molecular flexibility index (Phi) is 12.4. The van der Waals surface area contributed by atoms with Crippen molar-refractivity contribution in [3.05, 3.63) is 112 Å². The van der Waals surface area contributed by atoms with Crippen molar-refractivity contribution in [3.63, 3.8) is 0 Å². The average molecular weight is 682 g/mol. The summed E-state index contributed by atoms with van der Waals surface area (Å²) >= 11 is 12.5. The molecule has 1 aromatic heterocycles.